The lowest BCUT2D eigenvalue weighted by Crippen LogP contribution is -2.10. The van der Waals surface area contributed by atoms with E-state index in [0.717, 1.165) is 22.4 Å². The van der Waals surface area contributed by atoms with Crippen LogP contribution in [0.2, 0.25) is 0 Å². The third kappa shape index (κ3) is 3.80. The second-order valence-corrected chi connectivity index (χ2v) is 7.02. The molecular formula is C21H26O4. The molecular weight excluding hydrogens is 316 g/mol. The molecule has 0 aliphatic carbocycles. The summed E-state index contributed by atoms with van der Waals surface area (Å²) in [5.74, 6) is 2.55. The highest BCUT2D eigenvalue weighted by atomic mass is 16.5. The van der Waals surface area contributed by atoms with Gasteiger partial charge in [-0.3, -0.25) is 0 Å². The highest BCUT2D eigenvalue weighted by molar-refractivity contribution is 5.53. The van der Waals surface area contributed by atoms with E-state index in [1.807, 2.05) is 24.3 Å². The van der Waals surface area contributed by atoms with Gasteiger partial charge in [0.25, 0.3) is 0 Å². The summed E-state index contributed by atoms with van der Waals surface area (Å²) < 4.78 is 17.7. The topological polar surface area (TPSA) is 47.9 Å². The van der Waals surface area contributed by atoms with Crippen LogP contribution in [-0.4, -0.2) is 12.2 Å². The van der Waals surface area contributed by atoms with Gasteiger partial charge in [-0.1, -0.05) is 31.5 Å². The number of ether oxygens (including phenoxy) is 3. The SMILES string of the molecule is COc1c(C(O)CC(C)C)ccc2c1COCc1cc(C)ccc1O2. The Balaban J connectivity index is 2.01. The molecule has 25 heavy (non-hydrogen) atoms. The van der Waals surface area contributed by atoms with Crippen LogP contribution >= 0.6 is 0 Å². The predicted molar refractivity (Wildman–Crippen MR) is 97.2 cm³/mol. The Bertz CT molecular complexity index is 752. The van der Waals surface area contributed by atoms with Crippen LogP contribution in [0.5, 0.6) is 17.2 Å². The minimum atomic E-state index is -0.569. The molecule has 0 saturated heterocycles. The molecule has 4 heteroatoms. The molecule has 0 aromatic heterocycles. The van der Waals surface area contributed by atoms with E-state index in [9.17, 15) is 5.11 Å². The molecule has 1 aliphatic heterocycles. The van der Waals surface area contributed by atoms with Gasteiger partial charge < -0.3 is 19.3 Å². The molecule has 0 fully saturated rings. The van der Waals surface area contributed by atoms with Crippen LogP contribution in [0.4, 0.5) is 0 Å². The van der Waals surface area contributed by atoms with E-state index in [1.54, 1.807) is 7.11 Å². The molecule has 0 spiro atoms. The molecule has 1 heterocycles. The first-order valence-corrected chi connectivity index (χ1v) is 8.72. The summed E-state index contributed by atoms with van der Waals surface area (Å²) in [6.45, 7) is 7.10. The second kappa shape index (κ2) is 7.46. The lowest BCUT2D eigenvalue weighted by molar-refractivity contribution is 0.0972. The molecule has 2 aromatic rings. The van der Waals surface area contributed by atoms with Crippen molar-refractivity contribution in [2.45, 2.75) is 46.5 Å². The molecule has 2 aromatic carbocycles. The molecule has 4 nitrogen and oxygen atoms in total. The van der Waals surface area contributed by atoms with Gasteiger partial charge in [-0.05, 0) is 37.5 Å². The lowest BCUT2D eigenvalue weighted by Gasteiger charge is -2.24. The monoisotopic (exact) mass is 342 g/mol. The van der Waals surface area contributed by atoms with Crippen molar-refractivity contribution in [2.24, 2.45) is 5.92 Å². The van der Waals surface area contributed by atoms with Gasteiger partial charge in [0.2, 0.25) is 0 Å². The first kappa shape index (κ1) is 17.8. The van der Waals surface area contributed by atoms with E-state index in [-0.39, 0.29) is 0 Å². The third-order valence-corrected chi connectivity index (χ3v) is 4.45. The smallest absolute Gasteiger partial charge is 0.136 e. The van der Waals surface area contributed by atoms with Crippen LogP contribution in [0.15, 0.2) is 30.3 Å². The average Bonchev–Trinajstić information content (AvgIpc) is 2.54. The Labute approximate surface area is 149 Å². The van der Waals surface area contributed by atoms with E-state index in [4.69, 9.17) is 14.2 Å². The Morgan fingerprint density at radius 3 is 2.60 bits per heavy atom. The summed E-state index contributed by atoms with van der Waals surface area (Å²) in [5, 5.41) is 10.6. The zero-order chi connectivity index (χ0) is 18.0. The number of benzene rings is 2. The number of hydrogen-bond donors (Lipinski definition) is 1. The number of aryl methyl sites for hydroxylation is 1. The standard InChI is InChI=1S/C21H26O4/c1-13(2)9-18(22)16-6-8-20-17(21(16)23-4)12-24-11-15-10-14(3)5-7-19(15)25-20/h5-8,10,13,18,22H,9,11-12H2,1-4H3. The van der Waals surface area contributed by atoms with Gasteiger partial charge in [0.15, 0.2) is 0 Å². The summed E-state index contributed by atoms with van der Waals surface area (Å²) in [4.78, 5) is 0. The summed E-state index contributed by atoms with van der Waals surface area (Å²) in [6, 6.07) is 9.86. The quantitative estimate of drug-likeness (QED) is 0.858. The molecule has 1 atom stereocenters. The van der Waals surface area contributed by atoms with Gasteiger partial charge in [-0.25, -0.2) is 0 Å². The fourth-order valence-corrected chi connectivity index (χ4v) is 3.24. The third-order valence-electron chi connectivity index (χ3n) is 4.45. The minimum Gasteiger partial charge on any atom is -0.496 e. The van der Waals surface area contributed by atoms with Crippen molar-refractivity contribution in [1.29, 1.82) is 0 Å². The largest absolute Gasteiger partial charge is 0.496 e. The summed E-state index contributed by atoms with van der Waals surface area (Å²) in [6.07, 6.45) is 0.111. The molecule has 0 radical (unpaired) electrons. The van der Waals surface area contributed by atoms with Gasteiger partial charge in [0, 0.05) is 11.1 Å². The number of hydrogen-bond acceptors (Lipinski definition) is 4. The Hall–Kier alpha value is -2.04. The zero-order valence-electron chi connectivity index (χ0n) is 15.3. The fourth-order valence-electron chi connectivity index (χ4n) is 3.24. The Kier molecular flexibility index (Phi) is 5.30. The molecule has 1 unspecified atom stereocenters. The van der Waals surface area contributed by atoms with Crippen LogP contribution in [0.3, 0.4) is 0 Å². The normalized spacial score (nSPS) is 14.8. The summed E-state index contributed by atoms with van der Waals surface area (Å²) >= 11 is 0. The maximum absolute atomic E-state index is 10.6. The van der Waals surface area contributed by atoms with Crippen molar-refractivity contribution in [1.82, 2.24) is 0 Å². The van der Waals surface area contributed by atoms with Crippen molar-refractivity contribution >= 4 is 0 Å². The highest BCUT2D eigenvalue weighted by Gasteiger charge is 2.23. The molecule has 1 N–H and O–H groups in total. The maximum atomic E-state index is 10.6. The van der Waals surface area contributed by atoms with Crippen LogP contribution in [-0.2, 0) is 18.0 Å². The van der Waals surface area contributed by atoms with Gasteiger partial charge in [0.1, 0.15) is 17.2 Å². The second-order valence-electron chi connectivity index (χ2n) is 7.02. The molecule has 1 aliphatic rings. The molecule has 0 bridgehead atoms. The van der Waals surface area contributed by atoms with Crippen LogP contribution in [0.1, 0.15) is 48.6 Å². The molecule has 134 valence electrons. The van der Waals surface area contributed by atoms with Crippen molar-refractivity contribution in [3.05, 3.63) is 52.6 Å². The van der Waals surface area contributed by atoms with Gasteiger partial charge >= 0.3 is 0 Å². The van der Waals surface area contributed by atoms with E-state index < -0.39 is 6.10 Å². The zero-order valence-corrected chi connectivity index (χ0v) is 15.3. The average molecular weight is 342 g/mol. The van der Waals surface area contributed by atoms with E-state index >= 15 is 0 Å². The van der Waals surface area contributed by atoms with Gasteiger partial charge in [-0.2, -0.15) is 0 Å². The predicted octanol–water partition coefficient (Wildman–Crippen LogP) is 4.91. The number of fused-ring (bicyclic) bond motifs is 2. The number of rotatable bonds is 4. The van der Waals surface area contributed by atoms with Crippen molar-refractivity contribution in [2.75, 3.05) is 7.11 Å². The number of methoxy groups -OCH3 is 1. The van der Waals surface area contributed by atoms with Crippen LogP contribution < -0.4 is 9.47 Å². The van der Waals surface area contributed by atoms with Crippen molar-refractivity contribution < 1.29 is 19.3 Å². The molecule has 0 saturated carbocycles. The highest BCUT2D eigenvalue weighted by Crippen LogP contribution is 2.41. The Morgan fingerprint density at radius 2 is 1.88 bits per heavy atom. The lowest BCUT2D eigenvalue weighted by atomic mass is 9.96. The Morgan fingerprint density at radius 1 is 1.12 bits per heavy atom. The van der Waals surface area contributed by atoms with Gasteiger partial charge in [0.05, 0.1) is 32.0 Å². The summed E-state index contributed by atoms with van der Waals surface area (Å²) in [7, 11) is 1.62. The fraction of sp³-hybridized carbons (Fsp3) is 0.429. The summed E-state index contributed by atoms with van der Waals surface area (Å²) in [5.41, 5.74) is 3.84. The molecule has 3 rings (SSSR count). The first-order chi connectivity index (χ1) is 12.0. The van der Waals surface area contributed by atoms with Crippen molar-refractivity contribution in [3.63, 3.8) is 0 Å². The van der Waals surface area contributed by atoms with E-state index in [1.165, 1.54) is 5.56 Å². The molecule has 0 amide bonds. The first-order valence-electron chi connectivity index (χ1n) is 8.72. The van der Waals surface area contributed by atoms with Crippen molar-refractivity contribution in [3.8, 4) is 17.2 Å². The number of aliphatic hydroxyl groups is 1. The van der Waals surface area contributed by atoms with E-state index in [0.29, 0.717) is 37.1 Å². The van der Waals surface area contributed by atoms with Crippen LogP contribution in [0.25, 0.3) is 0 Å². The van der Waals surface area contributed by atoms with Gasteiger partial charge in [-0.15, -0.1) is 0 Å². The number of aliphatic hydroxyl groups excluding tert-OH is 1. The van der Waals surface area contributed by atoms with Crippen LogP contribution in [0, 0.1) is 12.8 Å². The maximum Gasteiger partial charge on any atom is 0.136 e. The van der Waals surface area contributed by atoms with E-state index in [2.05, 4.69) is 26.8 Å². The minimum absolute atomic E-state index is 0.383.